The van der Waals surface area contributed by atoms with Crippen molar-refractivity contribution in [2.45, 2.75) is 100 Å². The number of aliphatic carboxylic acids is 1. The second-order valence-corrected chi connectivity index (χ2v) is 14.8. The van der Waals surface area contributed by atoms with Crippen LogP contribution in [0.5, 0.6) is 0 Å². The van der Waals surface area contributed by atoms with Gasteiger partial charge in [-0.1, -0.05) is 13.0 Å². The Balaban J connectivity index is 0.0000180. The summed E-state index contributed by atoms with van der Waals surface area (Å²) in [4.78, 5) is 63.4. The van der Waals surface area contributed by atoms with E-state index in [0.717, 1.165) is 9.80 Å². The molecule has 11 N–H and O–H groups in total. The van der Waals surface area contributed by atoms with Crippen molar-refractivity contribution in [2.24, 2.45) is 0 Å². The molecule has 1 aromatic heterocycles. The Morgan fingerprint density at radius 1 is 0.817 bits per heavy atom. The molecule has 0 aliphatic carbocycles. The standard InChI is InChI=1S/C37H63N6O16.Mn/c1-6-39(2)14-15-43-24(11-13-30(51)42(5)18-26(47)32(53)34(55)28(49)20-45)37(58)59-35(43)22-9-7-8-21(38-22)16-40(3)23(36(56)57)10-12-29(50)41(4)17-25(46)31(52)33(54)27(48)19-44;/h7-9,23-28,31-34,44-49,52-55H,6,10-20H2,1-5H3,(H,56,57);/q-1;. The zero-order valence-corrected chi connectivity index (χ0v) is 35.7. The Bertz CT molecular complexity index is 1490. The molecule has 0 spiro atoms. The zero-order chi connectivity index (χ0) is 44.7. The number of aliphatic hydroxyl groups excluding tert-OH is 10. The number of esters is 1. The van der Waals surface area contributed by atoms with E-state index in [9.17, 15) is 65.1 Å². The summed E-state index contributed by atoms with van der Waals surface area (Å²) in [6.45, 7) is 0.835. The van der Waals surface area contributed by atoms with Gasteiger partial charge in [-0.05, 0) is 39.2 Å². The van der Waals surface area contributed by atoms with Gasteiger partial charge in [0.2, 0.25) is 11.8 Å². The van der Waals surface area contributed by atoms with Gasteiger partial charge < -0.3 is 80.5 Å². The minimum Gasteiger partial charge on any atom is -0.505 e. The van der Waals surface area contributed by atoms with Crippen molar-refractivity contribution in [2.75, 3.05) is 74.1 Å². The van der Waals surface area contributed by atoms with Gasteiger partial charge in [-0.3, -0.25) is 29.1 Å². The molecule has 2 heterocycles. The van der Waals surface area contributed by atoms with E-state index in [4.69, 9.17) is 14.9 Å². The Kier molecular flexibility index (Phi) is 24.2. The van der Waals surface area contributed by atoms with Crippen molar-refractivity contribution in [3.8, 4) is 0 Å². The second-order valence-electron chi connectivity index (χ2n) is 14.8. The van der Waals surface area contributed by atoms with E-state index in [0.29, 0.717) is 25.3 Å². The molecule has 0 aromatic carbocycles. The maximum atomic E-state index is 13.3. The number of cyclic esters (lactones) is 1. The second kappa shape index (κ2) is 26.4. The van der Waals surface area contributed by atoms with E-state index >= 15 is 0 Å². The molecular formula is C37H63MnN6O16-. The summed E-state index contributed by atoms with van der Waals surface area (Å²) in [6, 6.07) is 2.81. The number of carbonyl (C=O) groups is 4. The third kappa shape index (κ3) is 16.0. The molecule has 22 nitrogen and oxygen atoms in total. The quantitative estimate of drug-likeness (QED) is 0.0223. The molecule has 1 fully saturated rings. The summed E-state index contributed by atoms with van der Waals surface area (Å²) >= 11 is 0. The first-order valence-electron chi connectivity index (χ1n) is 19.3. The van der Waals surface area contributed by atoms with Gasteiger partial charge in [0.1, 0.15) is 54.9 Å². The van der Waals surface area contributed by atoms with Gasteiger partial charge in [0.25, 0.3) is 0 Å². The number of pyridine rings is 1. The first kappa shape index (κ1) is 54.9. The number of aromatic nitrogens is 1. The molecule has 0 bridgehead atoms. The van der Waals surface area contributed by atoms with E-state index in [-0.39, 0.29) is 61.2 Å². The van der Waals surface area contributed by atoms with Crippen LogP contribution in [-0.2, 0) is 47.5 Å². The average Bonchev–Trinajstić information content (AvgIpc) is 3.53. The van der Waals surface area contributed by atoms with Gasteiger partial charge in [0.05, 0.1) is 24.9 Å². The maximum absolute atomic E-state index is 13.3. The molecule has 10 unspecified atom stereocenters. The number of hydrogen-bond donors (Lipinski definition) is 11. The van der Waals surface area contributed by atoms with Gasteiger partial charge in [-0.25, -0.2) is 0 Å². The zero-order valence-electron chi connectivity index (χ0n) is 34.5. The van der Waals surface area contributed by atoms with Crippen LogP contribution >= 0.6 is 0 Å². The van der Waals surface area contributed by atoms with Crippen molar-refractivity contribution in [1.82, 2.24) is 29.5 Å². The molecule has 1 aliphatic rings. The normalized spacial score (nSPS) is 19.1. The molecule has 2 amide bonds. The molecule has 0 saturated carbocycles. The Morgan fingerprint density at radius 3 is 1.80 bits per heavy atom. The van der Waals surface area contributed by atoms with Crippen LogP contribution in [0.1, 0.15) is 44.0 Å². The van der Waals surface area contributed by atoms with Crippen molar-refractivity contribution < 1.29 is 97.2 Å². The number of hydrogen-bond acceptors (Lipinski definition) is 19. The Labute approximate surface area is 359 Å². The fourth-order valence-corrected chi connectivity index (χ4v) is 6.25. The van der Waals surface area contributed by atoms with Gasteiger partial charge >= 0.3 is 11.9 Å². The van der Waals surface area contributed by atoms with E-state index < -0.39 is 111 Å². The number of rotatable bonds is 27. The Hall–Kier alpha value is -3.10. The molecule has 345 valence electrons. The number of nitrogens with zero attached hydrogens (tertiary/aromatic N) is 6. The van der Waals surface area contributed by atoms with Crippen LogP contribution < -0.4 is 0 Å². The van der Waals surface area contributed by atoms with Crippen molar-refractivity contribution in [3.63, 3.8) is 0 Å². The van der Waals surface area contributed by atoms with Gasteiger partial charge in [0.15, 0.2) is 0 Å². The van der Waals surface area contributed by atoms with Gasteiger partial charge in [-0.15, -0.1) is 6.07 Å². The van der Waals surface area contributed by atoms with Crippen LogP contribution in [0.15, 0.2) is 18.2 Å². The summed E-state index contributed by atoms with van der Waals surface area (Å²) in [5, 5.41) is 108. The molecule has 1 aromatic rings. The first-order chi connectivity index (χ1) is 27.7. The van der Waals surface area contributed by atoms with Crippen LogP contribution in [0.25, 0.3) is 0 Å². The molecule has 1 saturated heterocycles. The average molecular weight is 903 g/mol. The fourth-order valence-electron chi connectivity index (χ4n) is 6.25. The number of carboxylic acids is 1. The number of likely N-dealkylation sites (N-methyl/N-ethyl adjacent to an activating group) is 4. The Morgan fingerprint density at radius 2 is 1.32 bits per heavy atom. The molecule has 2 rings (SSSR count). The number of amides is 2. The summed E-state index contributed by atoms with van der Waals surface area (Å²) in [5.74, 6) is -2.95. The van der Waals surface area contributed by atoms with Crippen molar-refractivity contribution in [1.29, 1.82) is 0 Å². The fraction of sp³-hybridized carbons (Fsp3) is 0.730. The third-order valence-electron chi connectivity index (χ3n) is 10.3. The van der Waals surface area contributed by atoms with Crippen LogP contribution in [0, 0.1) is 6.23 Å². The summed E-state index contributed by atoms with van der Waals surface area (Å²) < 4.78 is 5.72. The summed E-state index contributed by atoms with van der Waals surface area (Å²) in [6.07, 6.45) is -14.7. The number of carbonyl (C=O) groups excluding carboxylic acids is 3. The summed E-state index contributed by atoms with van der Waals surface area (Å²) in [7, 11) is 6.06. The maximum Gasteiger partial charge on any atom is 0.320 e. The minimum absolute atomic E-state index is 0. The molecular weight excluding hydrogens is 839 g/mol. The van der Waals surface area contributed by atoms with E-state index in [1.165, 1.54) is 26.0 Å². The van der Waals surface area contributed by atoms with Crippen molar-refractivity contribution in [3.05, 3.63) is 35.8 Å². The van der Waals surface area contributed by atoms with Gasteiger partial charge in [0, 0.05) is 83.0 Å². The molecule has 23 heteroatoms. The smallest absolute Gasteiger partial charge is 0.320 e. The van der Waals surface area contributed by atoms with Crippen LogP contribution in [0.4, 0.5) is 0 Å². The van der Waals surface area contributed by atoms with Crippen LogP contribution in [0.3, 0.4) is 0 Å². The van der Waals surface area contributed by atoms with Crippen LogP contribution in [-0.4, -0.2) is 244 Å². The van der Waals surface area contributed by atoms with Crippen molar-refractivity contribution >= 4 is 23.8 Å². The SMILES string of the molecule is CCN(C)CCN1[C-](c2cccc(CN(C)C(CCC(=O)N(C)CC(O)C(O)C(O)C(O)CO)C(=O)O)n2)OC(=O)C1CCC(=O)N(C)CC(O)C(O)C(O)C(O)CO.[Mn]. The number of aliphatic hydroxyl groups is 10. The first-order valence-corrected chi connectivity index (χ1v) is 19.3. The minimum atomic E-state index is -1.88. The largest absolute Gasteiger partial charge is 0.505 e. The molecule has 60 heavy (non-hydrogen) atoms. The topological polar surface area (TPSA) is 329 Å². The summed E-state index contributed by atoms with van der Waals surface area (Å²) in [5.41, 5.74) is 0.656. The molecule has 10 atom stereocenters. The van der Waals surface area contributed by atoms with E-state index in [1.54, 1.807) is 23.1 Å². The van der Waals surface area contributed by atoms with Gasteiger partial charge in [-0.2, -0.15) is 6.07 Å². The van der Waals surface area contributed by atoms with E-state index in [2.05, 4.69) is 4.98 Å². The number of ether oxygens (including phenoxy) is 1. The molecule has 1 radical (unpaired) electrons. The van der Waals surface area contributed by atoms with E-state index in [1.807, 2.05) is 18.9 Å². The monoisotopic (exact) mass is 902 g/mol. The third-order valence-corrected chi connectivity index (χ3v) is 10.3. The molecule has 1 aliphatic heterocycles. The predicted octanol–water partition coefficient (Wildman–Crippen LogP) is -5.67. The number of carboxylic acid groups (broad SMARTS) is 1. The predicted molar refractivity (Wildman–Crippen MR) is 205 cm³/mol. The van der Waals surface area contributed by atoms with Crippen LogP contribution in [0.2, 0.25) is 0 Å².